The molecule has 136 valence electrons. The molecule has 0 unspecified atom stereocenters. The Kier molecular flexibility index (Phi) is 4.92. The summed E-state index contributed by atoms with van der Waals surface area (Å²) in [4.78, 5) is 28.8. The normalized spacial score (nSPS) is 11.9. The van der Waals surface area contributed by atoms with E-state index in [9.17, 15) is 9.59 Å². The van der Waals surface area contributed by atoms with Gasteiger partial charge in [-0.05, 0) is 47.6 Å². The number of amides is 2. The third-order valence-electron chi connectivity index (χ3n) is 2.82. The van der Waals surface area contributed by atoms with Crippen LogP contribution in [-0.2, 0) is 9.47 Å². The minimum Gasteiger partial charge on any atom is -0.443 e. The molecule has 0 aliphatic carbocycles. The molecule has 25 heavy (non-hydrogen) atoms. The number of rotatable bonds is 1. The van der Waals surface area contributed by atoms with E-state index in [4.69, 9.17) is 9.47 Å². The topological polar surface area (TPSA) is 85.2 Å². The highest BCUT2D eigenvalue weighted by Gasteiger charge is 2.27. The van der Waals surface area contributed by atoms with Crippen LogP contribution in [0, 0.1) is 0 Å². The lowest BCUT2D eigenvalue weighted by Gasteiger charge is -2.28. The average molecular weight is 348 g/mol. The van der Waals surface area contributed by atoms with Crippen LogP contribution in [0.15, 0.2) is 30.7 Å². The molecule has 2 aromatic rings. The maximum Gasteiger partial charge on any atom is 0.434 e. The Morgan fingerprint density at radius 2 is 1.72 bits per heavy atom. The van der Waals surface area contributed by atoms with Crippen molar-refractivity contribution in [2.24, 2.45) is 0 Å². The first-order valence-electron chi connectivity index (χ1n) is 7.90. The van der Waals surface area contributed by atoms with Crippen LogP contribution in [0.3, 0.4) is 0 Å². The highest BCUT2D eigenvalue weighted by Crippen LogP contribution is 2.19. The van der Waals surface area contributed by atoms with Crippen LogP contribution in [0.1, 0.15) is 41.5 Å². The molecule has 0 bridgehead atoms. The van der Waals surface area contributed by atoms with Gasteiger partial charge in [-0.1, -0.05) is 0 Å². The van der Waals surface area contributed by atoms with Crippen molar-refractivity contribution in [3.05, 3.63) is 30.7 Å². The number of anilines is 1. The summed E-state index contributed by atoms with van der Waals surface area (Å²) in [5, 5.41) is 1.01. The van der Waals surface area contributed by atoms with E-state index in [-0.39, 0.29) is 0 Å². The van der Waals surface area contributed by atoms with Crippen molar-refractivity contribution in [1.29, 1.82) is 0 Å². The second kappa shape index (κ2) is 6.62. The van der Waals surface area contributed by atoms with E-state index in [1.165, 1.54) is 0 Å². The van der Waals surface area contributed by atoms with Crippen molar-refractivity contribution in [3.63, 3.8) is 0 Å². The molecule has 0 radical (unpaired) electrons. The number of carbonyl (C=O) groups excluding carboxylic acids is 2. The van der Waals surface area contributed by atoms with E-state index in [1.807, 2.05) is 0 Å². The van der Waals surface area contributed by atoms with Crippen LogP contribution in [0.25, 0.3) is 5.65 Å². The number of ether oxygens (including phenoxy) is 2. The summed E-state index contributed by atoms with van der Waals surface area (Å²) in [5.74, 6) is 0. The quantitative estimate of drug-likeness (QED) is 0.797. The molecule has 0 aliphatic heterocycles. The van der Waals surface area contributed by atoms with Gasteiger partial charge in [-0.2, -0.15) is 5.01 Å². The Hall–Kier alpha value is -2.77. The van der Waals surface area contributed by atoms with E-state index < -0.39 is 23.4 Å². The summed E-state index contributed by atoms with van der Waals surface area (Å²) < 4.78 is 12.4. The van der Waals surface area contributed by atoms with E-state index in [0.717, 1.165) is 5.01 Å². The monoisotopic (exact) mass is 348 g/mol. The highest BCUT2D eigenvalue weighted by molar-refractivity contribution is 5.91. The largest absolute Gasteiger partial charge is 0.443 e. The lowest BCUT2D eigenvalue weighted by molar-refractivity contribution is 0.0425. The van der Waals surface area contributed by atoms with Crippen molar-refractivity contribution in [1.82, 2.24) is 14.8 Å². The molecule has 2 amide bonds. The van der Waals surface area contributed by atoms with Crippen molar-refractivity contribution in [2.45, 2.75) is 52.7 Å². The van der Waals surface area contributed by atoms with Gasteiger partial charge in [0.25, 0.3) is 0 Å². The van der Waals surface area contributed by atoms with Gasteiger partial charge in [0, 0.05) is 24.7 Å². The summed E-state index contributed by atoms with van der Waals surface area (Å²) in [7, 11) is 0. The van der Waals surface area contributed by atoms with Crippen LogP contribution in [0.4, 0.5) is 15.3 Å². The molecule has 2 rings (SSSR count). The summed E-state index contributed by atoms with van der Waals surface area (Å²) in [5.41, 5.74) is 2.04. The Bertz CT molecular complexity index is 771. The van der Waals surface area contributed by atoms with Gasteiger partial charge < -0.3 is 13.9 Å². The Morgan fingerprint density at radius 1 is 1.08 bits per heavy atom. The molecular formula is C17H24N4O4. The van der Waals surface area contributed by atoms with Gasteiger partial charge in [-0.3, -0.25) is 0 Å². The maximum atomic E-state index is 12.5. The summed E-state index contributed by atoms with van der Waals surface area (Å²) in [6, 6.07) is 3.32. The standard InChI is InChI=1S/C17H24N4O4/c1-16(2,3)24-14(22)19-21(15(23)25-17(4,5)6)12-7-9-20-10-8-18-13(20)11-12/h7-11H,1-6H3,(H,19,22). The molecule has 0 aromatic carbocycles. The van der Waals surface area contributed by atoms with E-state index in [0.29, 0.717) is 11.3 Å². The molecule has 1 N–H and O–H groups in total. The van der Waals surface area contributed by atoms with E-state index >= 15 is 0 Å². The minimum absolute atomic E-state index is 0.402. The molecule has 0 atom stereocenters. The lowest BCUT2D eigenvalue weighted by Crippen LogP contribution is -2.50. The van der Waals surface area contributed by atoms with Gasteiger partial charge in [0.1, 0.15) is 16.8 Å². The molecule has 0 fully saturated rings. The first-order valence-corrected chi connectivity index (χ1v) is 7.90. The second-order valence-corrected chi connectivity index (χ2v) is 7.51. The number of carbonyl (C=O) groups is 2. The SMILES string of the molecule is CC(C)(C)OC(=O)NN(C(=O)OC(C)(C)C)c1ccn2ccnc2c1. The predicted molar refractivity (Wildman–Crippen MR) is 93.3 cm³/mol. The summed E-state index contributed by atoms with van der Waals surface area (Å²) in [6.45, 7) is 10.4. The molecule has 0 saturated carbocycles. The Balaban J connectivity index is 2.30. The molecule has 0 spiro atoms. The first-order chi connectivity index (χ1) is 11.4. The van der Waals surface area contributed by atoms with Crippen molar-refractivity contribution >= 4 is 23.5 Å². The number of pyridine rings is 1. The fourth-order valence-electron chi connectivity index (χ4n) is 1.95. The maximum absolute atomic E-state index is 12.5. The van der Waals surface area contributed by atoms with Gasteiger partial charge in [-0.25, -0.2) is 20.0 Å². The number of imidazole rings is 1. The first kappa shape index (κ1) is 18.6. The van der Waals surface area contributed by atoms with Gasteiger partial charge in [-0.15, -0.1) is 0 Å². The van der Waals surface area contributed by atoms with Crippen LogP contribution < -0.4 is 10.4 Å². The zero-order chi connectivity index (χ0) is 18.8. The Morgan fingerprint density at radius 3 is 2.32 bits per heavy atom. The van der Waals surface area contributed by atoms with Crippen LogP contribution >= 0.6 is 0 Å². The number of nitrogens with one attached hydrogen (secondary N) is 1. The number of hydrogen-bond acceptors (Lipinski definition) is 5. The molecule has 8 nitrogen and oxygen atoms in total. The van der Waals surface area contributed by atoms with Gasteiger partial charge >= 0.3 is 12.2 Å². The van der Waals surface area contributed by atoms with Crippen LogP contribution in [-0.4, -0.2) is 32.8 Å². The fraction of sp³-hybridized carbons (Fsp3) is 0.471. The summed E-state index contributed by atoms with van der Waals surface area (Å²) >= 11 is 0. The smallest absolute Gasteiger partial charge is 0.434 e. The van der Waals surface area contributed by atoms with Gasteiger partial charge in [0.15, 0.2) is 0 Å². The highest BCUT2D eigenvalue weighted by atomic mass is 16.6. The van der Waals surface area contributed by atoms with Crippen molar-refractivity contribution < 1.29 is 19.1 Å². The molecule has 8 heteroatoms. The number of nitrogens with zero attached hydrogens (tertiary/aromatic N) is 3. The van der Waals surface area contributed by atoms with Crippen LogP contribution in [0.5, 0.6) is 0 Å². The lowest BCUT2D eigenvalue weighted by atomic mass is 10.2. The third-order valence-corrected chi connectivity index (χ3v) is 2.82. The number of fused-ring (bicyclic) bond motifs is 1. The number of aromatic nitrogens is 2. The van der Waals surface area contributed by atoms with Crippen LogP contribution in [0.2, 0.25) is 0 Å². The predicted octanol–water partition coefficient (Wildman–Crippen LogP) is 3.52. The summed E-state index contributed by atoms with van der Waals surface area (Å²) in [6.07, 6.45) is 3.65. The number of hydrazine groups is 1. The van der Waals surface area contributed by atoms with Gasteiger partial charge in [0.2, 0.25) is 0 Å². The second-order valence-electron chi connectivity index (χ2n) is 7.51. The fourth-order valence-corrected chi connectivity index (χ4v) is 1.95. The van der Waals surface area contributed by atoms with Crippen molar-refractivity contribution in [3.8, 4) is 0 Å². The van der Waals surface area contributed by atoms with Gasteiger partial charge in [0.05, 0.1) is 5.69 Å². The Labute approximate surface area is 146 Å². The molecular weight excluding hydrogens is 324 g/mol. The number of hydrogen-bond donors (Lipinski definition) is 1. The zero-order valence-electron chi connectivity index (χ0n) is 15.4. The minimum atomic E-state index is -0.762. The zero-order valence-corrected chi connectivity index (χ0v) is 15.4. The molecule has 2 aromatic heterocycles. The third kappa shape index (κ3) is 5.37. The average Bonchev–Trinajstić information content (AvgIpc) is 2.88. The molecule has 0 saturated heterocycles. The molecule has 0 aliphatic rings. The van der Waals surface area contributed by atoms with Crippen molar-refractivity contribution in [2.75, 3.05) is 5.01 Å². The van der Waals surface area contributed by atoms with E-state index in [1.54, 1.807) is 76.7 Å². The van der Waals surface area contributed by atoms with E-state index in [2.05, 4.69) is 10.4 Å². The molecule has 2 heterocycles.